The van der Waals surface area contributed by atoms with E-state index < -0.39 is 0 Å². The molecule has 0 spiro atoms. The number of benzene rings is 2. The van der Waals surface area contributed by atoms with E-state index in [4.69, 9.17) is 0 Å². The van der Waals surface area contributed by atoms with Gasteiger partial charge in [0.2, 0.25) is 11.8 Å². The van der Waals surface area contributed by atoms with Crippen LogP contribution in [0.15, 0.2) is 48.5 Å². The first-order valence-corrected chi connectivity index (χ1v) is 9.03. The van der Waals surface area contributed by atoms with Crippen LogP contribution in [-0.4, -0.2) is 17.6 Å². The smallest absolute Gasteiger partial charge is 0.238 e. The van der Waals surface area contributed by atoms with Crippen LogP contribution in [0.1, 0.15) is 29.8 Å². The third-order valence-electron chi connectivity index (χ3n) is 3.92. The lowest BCUT2D eigenvalue weighted by molar-refractivity contribution is -0.116. The van der Waals surface area contributed by atoms with Gasteiger partial charge in [0.15, 0.2) is 0 Å². The molecule has 24 heavy (non-hydrogen) atoms. The van der Waals surface area contributed by atoms with Gasteiger partial charge in [0.25, 0.3) is 0 Å². The predicted octanol–water partition coefficient (Wildman–Crippen LogP) is 4.12. The Kier molecular flexibility index (Phi) is 4.90. The third-order valence-corrected chi connectivity index (χ3v) is 5.14. The summed E-state index contributed by atoms with van der Waals surface area (Å²) in [5, 5.41) is 2.81. The largest absolute Gasteiger partial charge is 0.326 e. The molecule has 2 aromatic carbocycles. The molecule has 0 saturated carbocycles. The molecule has 1 N–H and O–H groups in total. The first-order chi connectivity index (χ1) is 11.6. The highest BCUT2D eigenvalue weighted by Crippen LogP contribution is 2.42. The van der Waals surface area contributed by atoms with Crippen molar-refractivity contribution >= 4 is 35.0 Å². The summed E-state index contributed by atoms with van der Waals surface area (Å²) in [6.07, 6.45) is 0.441. The lowest BCUT2D eigenvalue weighted by Crippen LogP contribution is -2.27. The Bertz CT molecular complexity index is 775. The van der Waals surface area contributed by atoms with Crippen molar-refractivity contribution in [2.45, 2.75) is 25.6 Å². The molecular formula is C19H20N2O2S. The van der Waals surface area contributed by atoms with E-state index in [0.29, 0.717) is 12.2 Å². The molecule has 0 bridgehead atoms. The molecule has 1 aliphatic rings. The second-order valence-corrected chi connectivity index (χ2v) is 6.86. The monoisotopic (exact) mass is 340 g/mol. The number of hydrogen-bond donors (Lipinski definition) is 1. The van der Waals surface area contributed by atoms with Crippen LogP contribution < -0.4 is 10.2 Å². The number of carbonyl (C=O) groups is 2. The number of carbonyl (C=O) groups excluding carboxylic acids is 2. The quantitative estimate of drug-likeness (QED) is 0.911. The highest BCUT2D eigenvalue weighted by atomic mass is 32.2. The SMILES string of the molecule is CCC(=O)Nc1cccc([C@@H]2SCC(=O)N2c2cccc(C)c2)c1. The molecule has 124 valence electrons. The Hall–Kier alpha value is -2.27. The summed E-state index contributed by atoms with van der Waals surface area (Å²) < 4.78 is 0. The van der Waals surface area contributed by atoms with Crippen molar-refractivity contribution in [3.8, 4) is 0 Å². The van der Waals surface area contributed by atoms with Crippen molar-refractivity contribution in [1.29, 1.82) is 0 Å². The van der Waals surface area contributed by atoms with Crippen LogP contribution in [0.4, 0.5) is 11.4 Å². The topological polar surface area (TPSA) is 49.4 Å². The Morgan fingerprint density at radius 3 is 2.79 bits per heavy atom. The summed E-state index contributed by atoms with van der Waals surface area (Å²) in [4.78, 5) is 25.9. The summed E-state index contributed by atoms with van der Waals surface area (Å²) in [6.45, 7) is 3.84. The molecule has 1 aliphatic heterocycles. The fraction of sp³-hybridized carbons (Fsp3) is 0.263. The highest BCUT2D eigenvalue weighted by Gasteiger charge is 2.34. The third kappa shape index (κ3) is 3.46. The number of thioether (sulfide) groups is 1. The summed E-state index contributed by atoms with van der Waals surface area (Å²) in [5.41, 5.74) is 3.82. The van der Waals surface area contributed by atoms with Crippen molar-refractivity contribution in [3.05, 3.63) is 59.7 Å². The van der Waals surface area contributed by atoms with Gasteiger partial charge in [-0.25, -0.2) is 0 Å². The van der Waals surface area contributed by atoms with Crippen LogP contribution in [0.25, 0.3) is 0 Å². The predicted molar refractivity (Wildman–Crippen MR) is 99.2 cm³/mol. The summed E-state index contributed by atoms with van der Waals surface area (Å²) in [5.74, 6) is 0.556. The number of rotatable bonds is 4. The van der Waals surface area contributed by atoms with Crippen molar-refractivity contribution in [2.75, 3.05) is 16.0 Å². The average Bonchev–Trinajstić information content (AvgIpc) is 2.96. The molecule has 1 saturated heterocycles. The first kappa shape index (κ1) is 16.6. The van der Waals surface area contributed by atoms with Crippen LogP contribution in [0.3, 0.4) is 0 Å². The number of hydrogen-bond acceptors (Lipinski definition) is 3. The van der Waals surface area contributed by atoms with E-state index in [2.05, 4.69) is 5.32 Å². The molecule has 0 aromatic heterocycles. The van der Waals surface area contributed by atoms with Gasteiger partial charge in [0.1, 0.15) is 5.37 Å². The minimum Gasteiger partial charge on any atom is -0.326 e. The van der Waals surface area contributed by atoms with E-state index in [-0.39, 0.29) is 17.2 Å². The van der Waals surface area contributed by atoms with Crippen molar-refractivity contribution < 1.29 is 9.59 Å². The van der Waals surface area contributed by atoms with E-state index in [9.17, 15) is 9.59 Å². The zero-order valence-corrected chi connectivity index (χ0v) is 14.6. The van der Waals surface area contributed by atoms with Crippen LogP contribution >= 0.6 is 11.8 Å². The molecule has 1 atom stereocenters. The lowest BCUT2D eigenvalue weighted by atomic mass is 10.1. The van der Waals surface area contributed by atoms with Gasteiger partial charge < -0.3 is 5.32 Å². The van der Waals surface area contributed by atoms with Crippen molar-refractivity contribution in [3.63, 3.8) is 0 Å². The fourth-order valence-corrected chi connectivity index (χ4v) is 3.91. The van der Waals surface area contributed by atoms with Crippen LogP contribution in [0, 0.1) is 6.92 Å². The zero-order valence-electron chi connectivity index (χ0n) is 13.8. The van der Waals surface area contributed by atoms with Gasteiger partial charge in [0.05, 0.1) is 5.75 Å². The molecule has 5 heteroatoms. The Balaban J connectivity index is 1.91. The maximum Gasteiger partial charge on any atom is 0.238 e. The molecule has 1 heterocycles. The van der Waals surface area contributed by atoms with Gasteiger partial charge in [-0.1, -0.05) is 31.2 Å². The molecule has 0 unspecified atom stereocenters. The molecule has 2 aromatic rings. The normalized spacial score (nSPS) is 17.2. The first-order valence-electron chi connectivity index (χ1n) is 7.98. The van der Waals surface area contributed by atoms with E-state index in [0.717, 1.165) is 22.5 Å². The number of nitrogens with zero attached hydrogens (tertiary/aromatic N) is 1. The van der Waals surface area contributed by atoms with Crippen molar-refractivity contribution in [2.24, 2.45) is 0 Å². The summed E-state index contributed by atoms with van der Waals surface area (Å²) in [7, 11) is 0. The molecule has 2 amide bonds. The Labute approximate surface area is 146 Å². The second-order valence-electron chi connectivity index (χ2n) is 5.79. The van der Waals surface area contributed by atoms with E-state index >= 15 is 0 Å². The van der Waals surface area contributed by atoms with Gasteiger partial charge >= 0.3 is 0 Å². The van der Waals surface area contributed by atoms with Gasteiger partial charge in [-0.05, 0) is 42.3 Å². The van der Waals surface area contributed by atoms with Gasteiger partial charge in [-0.15, -0.1) is 11.8 Å². The Morgan fingerprint density at radius 2 is 2.04 bits per heavy atom. The van der Waals surface area contributed by atoms with E-state index in [1.165, 1.54) is 0 Å². The zero-order chi connectivity index (χ0) is 17.1. The number of amides is 2. The average molecular weight is 340 g/mol. The molecule has 4 nitrogen and oxygen atoms in total. The summed E-state index contributed by atoms with van der Waals surface area (Å²) >= 11 is 1.61. The standard InChI is InChI=1S/C19H20N2O2S/c1-3-17(22)20-15-8-5-7-14(11-15)19-21(18(23)12-24-19)16-9-4-6-13(2)10-16/h4-11,19H,3,12H2,1-2H3,(H,20,22)/t19-/m0/s1. The maximum atomic E-state index is 12.4. The lowest BCUT2D eigenvalue weighted by Gasteiger charge is -2.25. The van der Waals surface area contributed by atoms with E-state index in [1.807, 2.05) is 67.3 Å². The molecule has 0 radical (unpaired) electrons. The van der Waals surface area contributed by atoms with Crippen LogP contribution in [0.5, 0.6) is 0 Å². The minimum atomic E-state index is -0.0715. The molecule has 0 aliphatic carbocycles. The Morgan fingerprint density at radius 1 is 1.25 bits per heavy atom. The number of aryl methyl sites for hydroxylation is 1. The second kappa shape index (κ2) is 7.09. The van der Waals surface area contributed by atoms with Crippen molar-refractivity contribution in [1.82, 2.24) is 0 Å². The maximum absolute atomic E-state index is 12.4. The number of anilines is 2. The molecular weight excluding hydrogens is 320 g/mol. The van der Waals surface area contributed by atoms with Crippen LogP contribution in [0.2, 0.25) is 0 Å². The van der Waals surface area contributed by atoms with E-state index in [1.54, 1.807) is 11.8 Å². The van der Waals surface area contributed by atoms with Gasteiger partial charge in [-0.2, -0.15) is 0 Å². The highest BCUT2D eigenvalue weighted by molar-refractivity contribution is 8.00. The summed E-state index contributed by atoms with van der Waals surface area (Å²) in [6, 6.07) is 15.7. The number of nitrogens with one attached hydrogen (secondary N) is 1. The molecule has 1 fully saturated rings. The van der Waals surface area contributed by atoms with Crippen LogP contribution in [-0.2, 0) is 9.59 Å². The fourth-order valence-electron chi connectivity index (χ4n) is 2.75. The van der Waals surface area contributed by atoms with Gasteiger partial charge in [-0.3, -0.25) is 14.5 Å². The molecule has 3 rings (SSSR count). The van der Waals surface area contributed by atoms with Gasteiger partial charge in [0, 0.05) is 17.8 Å². The minimum absolute atomic E-state index is 0.0159.